The standard InChI is InChI=1S/C13H24N2/c1-12(2,3)11(13(4,5)6)7-10-8-14-9-15-10/h8-9,11H,7H2,1-6H3,(H,14,15). The molecule has 0 aliphatic carbocycles. The minimum atomic E-state index is 0.323. The lowest BCUT2D eigenvalue weighted by molar-refractivity contribution is 0.101. The Morgan fingerprint density at radius 3 is 2.00 bits per heavy atom. The number of hydrogen-bond donors (Lipinski definition) is 1. The van der Waals surface area contributed by atoms with E-state index in [4.69, 9.17) is 0 Å². The predicted molar refractivity (Wildman–Crippen MR) is 64.7 cm³/mol. The quantitative estimate of drug-likeness (QED) is 0.789. The molecular formula is C13H24N2. The Bertz CT molecular complexity index is 271. The first-order valence-electron chi connectivity index (χ1n) is 5.68. The van der Waals surface area contributed by atoms with Gasteiger partial charge >= 0.3 is 0 Å². The maximum atomic E-state index is 4.08. The predicted octanol–water partition coefficient (Wildman–Crippen LogP) is 3.66. The Kier molecular flexibility index (Phi) is 3.27. The van der Waals surface area contributed by atoms with Crippen LogP contribution in [0, 0.1) is 16.7 Å². The number of aromatic amines is 1. The lowest BCUT2D eigenvalue weighted by Crippen LogP contribution is -2.34. The van der Waals surface area contributed by atoms with E-state index in [1.54, 1.807) is 6.33 Å². The van der Waals surface area contributed by atoms with E-state index in [0.29, 0.717) is 16.7 Å². The van der Waals surface area contributed by atoms with Crippen molar-refractivity contribution in [3.63, 3.8) is 0 Å². The molecule has 15 heavy (non-hydrogen) atoms. The van der Waals surface area contributed by atoms with E-state index in [-0.39, 0.29) is 0 Å². The average molecular weight is 208 g/mol. The van der Waals surface area contributed by atoms with Crippen molar-refractivity contribution < 1.29 is 0 Å². The molecule has 86 valence electrons. The summed E-state index contributed by atoms with van der Waals surface area (Å²) in [6.07, 6.45) is 4.77. The zero-order valence-corrected chi connectivity index (χ0v) is 10.9. The van der Waals surface area contributed by atoms with Gasteiger partial charge in [-0.25, -0.2) is 4.98 Å². The third kappa shape index (κ3) is 3.37. The number of aromatic nitrogens is 2. The van der Waals surface area contributed by atoms with Crippen molar-refractivity contribution in [2.75, 3.05) is 0 Å². The van der Waals surface area contributed by atoms with Crippen molar-refractivity contribution in [1.29, 1.82) is 0 Å². The van der Waals surface area contributed by atoms with Gasteiger partial charge in [0.25, 0.3) is 0 Å². The molecule has 0 aliphatic rings. The molecule has 0 spiro atoms. The van der Waals surface area contributed by atoms with Gasteiger partial charge in [-0.2, -0.15) is 0 Å². The van der Waals surface area contributed by atoms with Crippen molar-refractivity contribution in [3.8, 4) is 0 Å². The molecule has 1 heterocycles. The molecule has 0 aliphatic heterocycles. The van der Waals surface area contributed by atoms with Gasteiger partial charge in [0.1, 0.15) is 0 Å². The topological polar surface area (TPSA) is 28.7 Å². The third-order valence-corrected chi connectivity index (χ3v) is 3.07. The molecule has 2 heteroatoms. The molecule has 0 unspecified atom stereocenters. The Morgan fingerprint density at radius 2 is 1.67 bits per heavy atom. The van der Waals surface area contributed by atoms with Crippen LogP contribution in [-0.2, 0) is 6.42 Å². The van der Waals surface area contributed by atoms with E-state index in [9.17, 15) is 0 Å². The summed E-state index contributed by atoms with van der Waals surface area (Å²) in [4.78, 5) is 7.28. The molecule has 1 aromatic rings. The highest BCUT2D eigenvalue weighted by atomic mass is 14.9. The second-order valence-electron chi connectivity index (χ2n) is 6.57. The molecule has 2 nitrogen and oxygen atoms in total. The highest BCUT2D eigenvalue weighted by Crippen LogP contribution is 2.41. The monoisotopic (exact) mass is 208 g/mol. The first kappa shape index (κ1) is 12.3. The van der Waals surface area contributed by atoms with Crippen LogP contribution in [0.3, 0.4) is 0 Å². The largest absolute Gasteiger partial charge is 0.348 e. The van der Waals surface area contributed by atoms with E-state index in [1.807, 2.05) is 6.20 Å². The zero-order valence-electron chi connectivity index (χ0n) is 10.9. The highest BCUT2D eigenvalue weighted by molar-refractivity contribution is 5.00. The zero-order chi connectivity index (χ0) is 11.7. The fraction of sp³-hybridized carbons (Fsp3) is 0.769. The molecule has 0 bridgehead atoms. The van der Waals surface area contributed by atoms with Gasteiger partial charge in [0, 0.05) is 11.9 Å². The van der Waals surface area contributed by atoms with Crippen molar-refractivity contribution in [3.05, 3.63) is 18.2 Å². The Hall–Kier alpha value is -0.790. The van der Waals surface area contributed by atoms with Crippen LogP contribution in [0.2, 0.25) is 0 Å². The minimum absolute atomic E-state index is 0.323. The molecule has 0 fully saturated rings. The second-order valence-corrected chi connectivity index (χ2v) is 6.57. The first-order chi connectivity index (χ1) is 6.71. The van der Waals surface area contributed by atoms with Gasteiger partial charge in [-0.3, -0.25) is 0 Å². The summed E-state index contributed by atoms with van der Waals surface area (Å²) in [7, 11) is 0. The van der Waals surface area contributed by atoms with E-state index >= 15 is 0 Å². The number of rotatable bonds is 2. The maximum absolute atomic E-state index is 4.08. The Balaban J connectivity index is 2.84. The van der Waals surface area contributed by atoms with Crippen LogP contribution in [0.15, 0.2) is 12.5 Å². The van der Waals surface area contributed by atoms with Gasteiger partial charge in [0.2, 0.25) is 0 Å². The van der Waals surface area contributed by atoms with Gasteiger partial charge in [-0.15, -0.1) is 0 Å². The van der Waals surface area contributed by atoms with Crippen molar-refractivity contribution >= 4 is 0 Å². The number of imidazole rings is 1. The van der Waals surface area contributed by atoms with E-state index in [0.717, 1.165) is 6.42 Å². The van der Waals surface area contributed by atoms with Crippen LogP contribution in [-0.4, -0.2) is 9.97 Å². The summed E-state index contributed by atoms with van der Waals surface area (Å²) >= 11 is 0. The van der Waals surface area contributed by atoms with E-state index < -0.39 is 0 Å². The van der Waals surface area contributed by atoms with Gasteiger partial charge in [0.15, 0.2) is 0 Å². The summed E-state index contributed by atoms with van der Waals surface area (Å²) in [5.41, 5.74) is 1.89. The molecular weight excluding hydrogens is 184 g/mol. The fourth-order valence-corrected chi connectivity index (χ4v) is 2.53. The lowest BCUT2D eigenvalue weighted by atomic mass is 9.65. The van der Waals surface area contributed by atoms with Gasteiger partial charge < -0.3 is 4.98 Å². The number of nitrogens with one attached hydrogen (secondary N) is 1. The highest BCUT2D eigenvalue weighted by Gasteiger charge is 2.34. The molecule has 1 aromatic heterocycles. The van der Waals surface area contributed by atoms with Gasteiger partial charge in [-0.1, -0.05) is 41.5 Å². The molecule has 0 saturated carbocycles. The molecule has 1 N–H and O–H groups in total. The summed E-state index contributed by atoms with van der Waals surface area (Å²) in [6.45, 7) is 13.9. The third-order valence-electron chi connectivity index (χ3n) is 3.07. The summed E-state index contributed by atoms with van der Waals surface area (Å²) < 4.78 is 0. The molecule has 0 radical (unpaired) electrons. The lowest BCUT2D eigenvalue weighted by Gasteiger charge is -2.40. The van der Waals surface area contributed by atoms with Gasteiger partial charge in [0.05, 0.1) is 6.33 Å². The van der Waals surface area contributed by atoms with E-state index in [1.165, 1.54) is 5.69 Å². The average Bonchev–Trinajstić information content (AvgIpc) is 2.46. The SMILES string of the molecule is CC(C)(C)C(Cc1cnc[nH]1)C(C)(C)C. The maximum Gasteiger partial charge on any atom is 0.0921 e. The molecule has 0 atom stereocenters. The summed E-state index contributed by atoms with van der Waals surface area (Å²) in [5, 5.41) is 0. The van der Waals surface area contributed by atoms with Crippen LogP contribution in [0.25, 0.3) is 0 Å². The molecule has 1 rings (SSSR count). The van der Waals surface area contributed by atoms with E-state index in [2.05, 4.69) is 51.5 Å². The summed E-state index contributed by atoms with van der Waals surface area (Å²) in [6, 6.07) is 0. The van der Waals surface area contributed by atoms with Crippen molar-refractivity contribution in [1.82, 2.24) is 9.97 Å². The second kappa shape index (κ2) is 3.99. The Labute approximate surface area is 93.5 Å². The summed E-state index contributed by atoms with van der Waals surface area (Å²) in [5.74, 6) is 0.644. The van der Waals surface area contributed by atoms with Gasteiger partial charge in [-0.05, 0) is 23.2 Å². The van der Waals surface area contributed by atoms with Crippen LogP contribution in [0.1, 0.15) is 47.2 Å². The number of H-pyrrole nitrogens is 1. The van der Waals surface area contributed by atoms with Crippen LogP contribution < -0.4 is 0 Å². The van der Waals surface area contributed by atoms with Crippen molar-refractivity contribution in [2.24, 2.45) is 16.7 Å². The first-order valence-corrected chi connectivity index (χ1v) is 5.68. The molecule has 0 saturated heterocycles. The number of nitrogens with zero attached hydrogens (tertiary/aromatic N) is 1. The van der Waals surface area contributed by atoms with Crippen LogP contribution in [0.5, 0.6) is 0 Å². The van der Waals surface area contributed by atoms with Crippen LogP contribution in [0.4, 0.5) is 0 Å². The molecule has 0 aromatic carbocycles. The Morgan fingerprint density at radius 1 is 1.13 bits per heavy atom. The van der Waals surface area contributed by atoms with Crippen LogP contribution >= 0.6 is 0 Å². The fourth-order valence-electron chi connectivity index (χ4n) is 2.53. The smallest absolute Gasteiger partial charge is 0.0921 e. The molecule has 0 amide bonds. The normalized spacial score (nSPS) is 13.5. The number of hydrogen-bond acceptors (Lipinski definition) is 1. The van der Waals surface area contributed by atoms with Crippen molar-refractivity contribution in [2.45, 2.75) is 48.0 Å². The minimum Gasteiger partial charge on any atom is -0.348 e.